The Morgan fingerprint density at radius 1 is 1.24 bits per heavy atom. The van der Waals surface area contributed by atoms with Gasteiger partial charge in [0.05, 0.1) is 5.60 Å². The zero-order valence-corrected chi connectivity index (χ0v) is 11.9. The monoisotopic (exact) mass is 295 g/mol. The Balaban J connectivity index is 1.91. The summed E-state index contributed by atoms with van der Waals surface area (Å²) in [4.78, 5) is 34.5. The summed E-state index contributed by atoms with van der Waals surface area (Å²) in [6.45, 7) is -0.0807. The van der Waals surface area contributed by atoms with Crippen LogP contribution in [0.1, 0.15) is 38.5 Å². The SMILES string of the molecule is O=C(Cn1[nH]c(=O)ccc1=O)NCC1(O)CCCCCC1. The number of H-pyrrole nitrogens is 1. The first-order chi connectivity index (χ1) is 9.98. The maximum Gasteiger partial charge on any atom is 0.265 e. The van der Waals surface area contributed by atoms with Gasteiger partial charge in [0.2, 0.25) is 5.91 Å². The fourth-order valence-corrected chi connectivity index (χ4v) is 2.61. The van der Waals surface area contributed by atoms with Crippen molar-refractivity contribution in [1.82, 2.24) is 15.1 Å². The van der Waals surface area contributed by atoms with E-state index in [1.54, 1.807) is 0 Å². The molecule has 1 aromatic heterocycles. The van der Waals surface area contributed by atoms with Gasteiger partial charge in [-0.2, -0.15) is 0 Å². The number of carbonyl (C=O) groups excluding carboxylic acids is 1. The van der Waals surface area contributed by atoms with Gasteiger partial charge in [-0.05, 0) is 12.8 Å². The summed E-state index contributed by atoms with van der Waals surface area (Å²) < 4.78 is 0.953. The molecule has 7 nitrogen and oxygen atoms in total. The van der Waals surface area contributed by atoms with Gasteiger partial charge in [0.25, 0.3) is 11.1 Å². The third-order valence-electron chi connectivity index (χ3n) is 3.84. The minimum atomic E-state index is -0.860. The minimum Gasteiger partial charge on any atom is -0.388 e. The minimum absolute atomic E-state index is 0.178. The quantitative estimate of drug-likeness (QED) is 0.666. The first-order valence-corrected chi connectivity index (χ1v) is 7.28. The zero-order valence-electron chi connectivity index (χ0n) is 11.9. The van der Waals surface area contributed by atoms with Gasteiger partial charge in [-0.3, -0.25) is 19.5 Å². The summed E-state index contributed by atoms with van der Waals surface area (Å²) in [7, 11) is 0. The van der Waals surface area contributed by atoms with Crippen molar-refractivity contribution < 1.29 is 9.90 Å². The second kappa shape index (κ2) is 6.71. The van der Waals surface area contributed by atoms with Gasteiger partial charge in [-0.15, -0.1) is 0 Å². The molecule has 0 bridgehead atoms. The number of hydrogen-bond donors (Lipinski definition) is 3. The van der Waals surface area contributed by atoms with Gasteiger partial charge in [0, 0.05) is 18.7 Å². The highest BCUT2D eigenvalue weighted by molar-refractivity contribution is 5.75. The van der Waals surface area contributed by atoms with Crippen molar-refractivity contribution >= 4 is 5.91 Å². The molecule has 1 aromatic rings. The molecule has 1 fully saturated rings. The molecule has 1 saturated carbocycles. The number of rotatable bonds is 4. The summed E-state index contributed by atoms with van der Waals surface area (Å²) in [5.74, 6) is -0.406. The smallest absolute Gasteiger partial charge is 0.265 e. The second-order valence-corrected chi connectivity index (χ2v) is 5.65. The number of nitrogens with one attached hydrogen (secondary N) is 2. The van der Waals surface area contributed by atoms with Crippen LogP contribution in [-0.4, -0.2) is 32.9 Å². The Morgan fingerprint density at radius 2 is 1.90 bits per heavy atom. The lowest BCUT2D eigenvalue weighted by Crippen LogP contribution is -2.44. The highest BCUT2D eigenvalue weighted by Crippen LogP contribution is 2.26. The van der Waals surface area contributed by atoms with Gasteiger partial charge < -0.3 is 10.4 Å². The van der Waals surface area contributed by atoms with E-state index in [-0.39, 0.29) is 13.1 Å². The fraction of sp³-hybridized carbons (Fsp3) is 0.643. The fourth-order valence-electron chi connectivity index (χ4n) is 2.61. The Labute approximate surface area is 122 Å². The van der Waals surface area contributed by atoms with E-state index in [4.69, 9.17) is 0 Å². The Morgan fingerprint density at radius 3 is 2.57 bits per heavy atom. The van der Waals surface area contributed by atoms with Crippen LogP contribution in [0, 0.1) is 0 Å². The lowest BCUT2D eigenvalue weighted by molar-refractivity contribution is -0.123. The lowest BCUT2D eigenvalue weighted by Gasteiger charge is -2.26. The molecular weight excluding hydrogens is 274 g/mol. The largest absolute Gasteiger partial charge is 0.388 e. The van der Waals surface area contributed by atoms with Crippen LogP contribution < -0.4 is 16.4 Å². The topological polar surface area (TPSA) is 104 Å². The van der Waals surface area contributed by atoms with E-state index in [0.717, 1.165) is 42.5 Å². The van der Waals surface area contributed by atoms with Crippen LogP contribution in [0.2, 0.25) is 0 Å². The molecule has 0 aromatic carbocycles. The predicted octanol–water partition coefficient (Wildman–Crippen LogP) is -0.262. The third-order valence-corrected chi connectivity index (χ3v) is 3.84. The predicted molar refractivity (Wildman–Crippen MR) is 77.0 cm³/mol. The maximum absolute atomic E-state index is 11.8. The molecule has 0 spiro atoms. The number of aromatic amines is 1. The van der Waals surface area contributed by atoms with Gasteiger partial charge >= 0.3 is 0 Å². The van der Waals surface area contributed by atoms with Gasteiger partial charge in [-0.1, -0.05) is 25.7 Å². The molecule has 0 aliphatic heterocycles. The molecule has 1 aliphatic carbocycles. The summed E-state index contributed by atoms with van der Waals surface area (Å²) >= 11 is 0. The maximum atomic E-state index is 11.8. The summed E-state index contributed by atoms with van der Waals surface area (Å²) in [5.41, 5.74) is -1.75. The average molecular weight is 295 g/mol. The molecule has 0 radical (unpaired) electrons. The van der Waals surface area contributed by atoms with Crippen molar-refractivity contribution in [3.05, 3.63) is 32.8 Å². The van der Waals surface area contributed by atoms with Crippen LogP contribution in [0.5, 0.6) is 0 Å². The van der Waals surface area contributed by atoms with Crippen LogP contribution in [-0.2, 0) is 11.3 Å². The normalized spacial score (nSPS) is 18.0. The molecule has 0 atom stereocenters. The molecule has 1 amide bonds. The number of nitrogens with zero attached hydrogens (tertiary/aromatic N) is 1. The third kappa shape index (κ3) is 4.56. The van der Waals surface area contributed by atoms with Crippen molar-refractivity contribution in [1.29, 1.82) is 0 Å². The van der Waals surface area contributed by atoms with Gasteiger partial charge in [0.1, 0.15) is 6.54 Å². The van der Waals surface area contributed by atoms with Crippen molar-refractivity contribution in [2.75, 3.05) is 6.54 Å². The van der Waals surface area contributed by atoms with Crippen molar-refractivity contribution in [2.45, 2.75) is 50.7 Å². The van der Waals surface area contributed by atoms with E-state index in [2.05, 4.69) is 10.4 Å². The molecule has 1 heterocycles. The van der Waals surface area contributed by atoms with Crippen LogP contribution in [0.3, 0.4) is 0 Å². The Hall–Kier alpha value is -1.89. The molecule has 0 unspecified atom stereocenters. The molecule has 2 rings (SSSR count). The van der Waals surface area contributed by atoms with Crippen LogP contribution in [0.15, 0.2) is 21.7 Å². The molecule has 0 saturated heterocycles. The van der Waals surface area contributed by atoms with E-state index >= 15 is 0 Å². The molecule has 1 aliphatic rings. The number of aliphatic hydroxyl groups is 1. The van der Waals surface area contributed by atoms with Crippen LogP contribution in [0.4, 0.5) is 0 Å². The highest BCUT2D eigenvalue weighted by Gasteiger charge is 2.28. The summed E-state index contributed by atoms with van der Waals surface area (Å²) in [5, 5.41) is 15.4. The number of amides is 1. The average Bonchev–Trinajstić information content (AvgIpc) is 2.66. The van der Waals surface area contributed by atoms with Gasteiger partial charge in [0.15, 0.2) is 0 Å². The van der Waals surface area contributed by atoms with Gasteiger partial charge in [-0.25, -0.2) is 4.68 Å². The van der Waals surface area contributed by atoms with Crippen molar-refractivity contribution in [2.24, 2.45) is 0 Å². The molecule has 21 heavy (non-hydrogen) atoms. The lowest BCUT2D eigenvalue weighted by atomic mass is 9.94. The standard InChI is InChI=1S/C14H21N3O4/c18-11-5-6-13(20)17(16-11)9-12(19)15-10-14(21)7-3-1-2-4-8-14/h5-6,21H,1-4,7-10H2,(H,15,19)(H,16,18). The first-order valence-electron chi connectivity index (χ1n) is 7.28. The van der Waals surface area contributed by atoms with Crippen LogP contribution >= 0.6 is 0 Å². The second-order valence-electron chi connectivity index (χ2n) is 5.65. The van der Waals surface area contributed by atoms with Crippen LogP contribution in [0.25, 0.3) is 0 Å². The van der Waals surface area contributed by atoms with E-state index < -0.39 is 22.6 Å². The molecule has 7 heteroatoms. The summed E-state index contributed by atoms with van der Waals surface area (Å²) in [6, 6.07) is 2.23. The first kappa shape index (κ1) is 15.5. The Kier molecular flexibility index (Phi) is 4.95. The van der Waals surface area contributed by atoms with E-state index in [9.17, 15) is 19.5 Å². The number of carbonyl (C=O) groups is 1. The van der Waals surface area contributed by atoms with E-state index in [1.807, 2.05) is 0 Å². The molecule has 3 N–H and O–H groups in total. The number of hydrogen-bond acceptors (Lipinski definition) is 4. The van der Waals surface area contributed by atoms with Crippen molar-refractivity contribution in [3.63, 3.8) is 0 Å². The van der Waals surface area contributed by atoms with E-state index in [0.29, 0.717) is 12.8 Å². The van der Waals surface area contributed by atoms with Crippen molar-refractivity contribution in [3.8, 4) is 0 Å². The number of aromatic nitrogens is 2. The van der Waals surface area contributed by atoms with E-state index in [1.165, 1.54) is 0 Å². The Bertz CT molecular complexity index is 597. The molecule has 116 valence electrons. The molecular formula is C14H21N3O4. The zero-order chi connectivity index (χ0) is 15.3. The summed E-state index contributed by atoms with van der Waals surface area (Å²) in [6.07, 6.45) is 5.48. The highest BCUT2D eigenvalue weighted by atomic mass is 16.3.